The van der Waals surface area contributed by atoms with Crippen molar-refractivity contribution in [2.45, 2.75) is 26.8 Å². The summed E-state index contributed by atoms with van der Waals surface area (Å²) in [6.45, 7) is 4.51. The first kappa shape index (κ1) is 25.8. The number of aryl methyl sites for hydroxylation is 1. The molecule has 3 amide bonds. The van der Waals surface area contributed by atoms with Gasteiger partial charge in [0.2, 0.25) is 11.8 Å². The van der Waals surface area contributed by atoms with Gasteiger partial charge in [0.05, 0.1) is 13.0 Å². The zero-order valence-corrected chi connectivity index (χ0v) is 21.2. The van der Waals surface area contributed by atoms with Crippen molar-refractivity contribution in [1.82, 2.24) is 5.32 Å². The maximum absolute atomic E-state index is 12.7. The maximum Gasteiger partial charge on any atom is 0.262 e. The minimum Gasteiger partial charge on any atom is -0.497 e. The van der Waals surface area contributed by atoms with Gasteiger partial charge in [-0.2, -0.15) is 0 Å². The van der Waals surface area contributed by atoms with Gasteiger partial charge < -0.3 is 25.0 Å². The molecule has 0 bridgehead atoms. The largest absolute Gasteiger partial charge is 0.497 e. The molecular formula is C29H31N3O5. The van der Waals surface area contributed by atoms with Crippen molar-refractivity contribution in [3.63, 3.8) is 0 Å². The van der Waals surface area contributed by atoms with E-state index in [1.807, 2.05) is 56.3 Å². The Bertz CT molecular complexity index is 1270. The molecule has 1 aliphatic heterocycles. The van der Waals surface area contributed by atoms with Crippen molar-refractivity contribution in [3.8, 4) is 11.5 Å². The van der Waals surface area contributed by atoms with Gasteiger partial charge in [-0.1, -0.05) is 24.3 Å². The van der Waals surface area contributed by atoms with E-state index in [1.54, 1.807) is 36.3 Å². The minimum absolute atomic E-state index is 0.105. The molecule has 3 aromatic rings. The van der Waals surface area contributed by atoms with E-state index in [0.29, 0.717) is 24.5 Å². The molecule has 4 rings (SSSR count). The smallest absolute Gasteiger partial charge is 0.262 e. The van der Waals surface area contributed by atoms with Crippen LogP contribution in [0.5, 0.6) is 11.5 Å². The van der Waals surface area contributed by atoms with Gasteiger partial charge >= 0.3 is 0 Å². The van der Waals surface area contributed by atoms with Crippen LogP contribution in [0, 0.1) is 19.8 Å². The van der Waals surface area contributed by atoms with Crippen LogP contribution in [-0.4, -0.2) is 38.0 Å². The predicted molar refractivity (Wildman–Crippen MR) is 142 cm³/mol. The van der Waals surface area contributed by atoms with Crippen molar-refractivity contribution < 1.29 is 23.9 Å². The van der Waals surface area contributed by atoms with Crippen LogP contribution < -0.4 is 25.0 Å². The Hall–Kier alpha value is -4.33. The summed E-state index contributed by atoms with van der Waals surface area (Å²) in [5.41, 5.74) is 4.52. The lowest BCUT2D eigenvalue weighted by Crippen LogP contribution is -2.32. The molecule has 1 heterocycles. The molecule has 0 aliphatic carbocycles. The van der Waals surface area contributed by atoms with E-state index in [2.05, 4.69) is 10.6 Å². The number of nitrogens with one attached hydrogen (secondary N) is 2. The molecule has 0 unspecified atom stereocenters. The molecule has 0 radical (unpaired) electrons. The third-order valence-electron chi connectivity index (χ3n) is 6.52. The van der Waals surface area contributed by atoms with Crippen LogP contribution in [0.4, 0.5) is 11.4 Å². The van der Waals surface area contributed by atoms with Gasteiger partial charge in [-0.15, -0.1) is 0 Å². The zero-order chi connectivity index (χ0) is 26.4. The first-order valence-corrected chi connectivity index (χ1v) is 12.1. The quantitative estimate of drug-likeness (QED) is 0.462. The van der Waals surface area contributed by atoms with E-state index in [0.717, 1.165) is 28.1 Å². The molecule has 0 saturated carbocycles. The standard InChI is InChI=1S/C29H31N3O5/c1-19-5-4-6-26(20(19)2)31-27(33)18-37-25-13-9-23(10-14-25)32-17-22(15-28(32)34)29(35)30-16-21-7-11-24(36-3)12-8-21/h4-14,22H,15-18H2,1-3H3,(H,30,35)(H,31,33)/t22-/m1/s1. The molecule has 1 atom stereocenters. The molecule has 1 fully saturated rings. The molecule has 37 heavy (non-hydrogen) atoms. The summed E-state index contributed by atoms with van der Waals surface area (Å²) in [7, 11) is 1.60. The van der Waals surface area contributed by atoms with Gasteiger partial charge in [-0.25, -0.2) is 0 Å². The number of ether oxygens (including phenoxy) is 2. The molecule has 8 heteroatoms. The van der Waals surface area contributed by atoms with E-state index in [4.69, 9.17) is 9.47 Å². The Morgan fingerprint density at radius 3 is 2.38 bits per heavy atom. The van der Waals surface area contributed by atoms with Gasteiger partial charge in [-0.3, -0.25) is 14.4 Å². The number of amides is 3. The van der Waals surface area contributed by atoms with Crippen LogP contribution in [0.25, 0.3) is 0 Å². The summed E-state index contributed by atoms with van der Waals surface area (Å²) < 4.78 is 10.8. The van der Waals surface area contributed by atoms with Crippen LogP contribution in [0.2, 0.25) is 0 Å². The fourth-order valence-corrected chi connectivity index (χ4v) is 4.15. The Kier molecular flexibility index (Phi) is 8.08. The SMILES string of the molecule is COc1ccc(CNC(=O)[C@@H]2CC(=O)N(c3ccc(OCC(=O)Nc4cccc(C)c4C)cc3)C2)cc1. The summed E-state index contributed by atoms with van der Waals surface area (Å²) in [6.07, 6.45) is 0.158. The van der Waals surface area contributed by atoms with Crippen LogP contribution in [-0.2, 0) is 20.9 Å². The number of nitrogens with zero attached hydrogens (tertiary/aromatic N) is 1. The van der Waals surface area contributed by atoms with Crippen molar-refractivity contribution in [1.29, 1.82) is 0 Å². The van der Waals surface area contributed by atoms with Gasteiger partial charge in [0.25, 0.3) is 5.91 Å². The number of hydrogen-bond donors (Lipinski definition) is 2. The fraction of sp³-hybridized carbons (Fsp3) is 0.276. The molecule has 1 saturated heterocycles. The number of rotatable bonds is 9. The Balaban J connectivity index is 1.26. The van der Waals surface area contributed by atoms with E-state index >= 15 is 0 Å². The second-order valence-electron chi connectivity index (χ2n) is 9.05. The molecule has 192 valence electrons. The van der Waals surface area contributed by atoms with E-state index in [1.165, 1.54) is 0 Å². The highest BCUT2D eigenvalue weighted by atomic mass is 16.5. The molecule has 1 aliphatic rings. The third kappa shape index (κ3) is 6.46. The first-order valence-electron chi connectivity index (χ1n) is 12.1. The van der Waals surface area contributed by atoms with Gasteiger partial charge in [-0.05, 0) is 73.0 Å². The highest BCUT2D eigenvalue weighted by Crippen LogP contribution is 2.27. The average molecular weight is 502 g/mol. The zero-order valence-electron chi connectivity index (χ0n) is 21.2. The molecule has 0 aromatic heterocycles. The summed E-state index contributed by atoms with van der Waals surface area (Å²) in [6, 6.07) is 20.1. The average Bonchev–Trinajstić information content (AvgIpc) is 3.31. The number of benzene rings is 3. The van der Waals surface area contributed by atoms with Crippen molar-refractivity contribution >= 4 is 29.1 Å². The normalized spacial score (nSPS) is 14.8. The number of hydrogen-bond acceptors (Lipinski definition) is 5. The number of carbonyl (C=O) groups is 3. The van der Waals surface area contributed by atoms with Crippen LogP contribution in [0.3, 0.4) is 0 Å². The van der Waals surface area contributed by atoms with Crippen molar-refractivity contribution in [3.05, 3.63) is 83.4 Å². The van der Waals surface area contributed by atoms with E-state index < -0.39 is 5.92 Å². The molecule has 3 aromatic carbocycles. The summed E-state index contributed by atoms with van der Waals surface area (Å²) in [4.78, 5) is 39.2. The molecule has 0 spiro atoms. The minimum atomic E-state index is -0.421. The number of anilines is 2. The topological polar surface area (TPSA) is 97.0 Å². The Morgan fingerprint density at radius 1 is 0.973 bits per heavy atom. The van der Waals surface area contributed by atoms with Gasteiger partial charge in [0.15, 0.2) is 6.61 Å². The molecule has 2 N–H and O–H groups in total. The summed E-state index contributed by atoms with van der Waals surface area (Å²) in [5, 5.41) is 5.78. The van der Waals surface area contributed by atoms with Crippen molar-refractivity contribution in [2.24, 2.45) is 5.92 Å². The lowest BCUT2D eigenvalue weighted by Gasteiger charge is -2.17. The second-order valence-corrected chi connectivity index (χ2v) is 9.05. The highest BCUT2D eigenvalue weighted by molar-refractivity contribution is 6.00. The van der Waals surface area contributed by atoms with Crippen LogP contribution in [0.1, 0.15) is 23.1 Å². The highest BCUT2D eigenvalue weighted by Gasteiger charge is 2.35. The van der Waals surface area contributed by atoms with Gasteiger partial charge in [0.1, 0.15) is 11.5 Å². The number of carbonyl (C=O) groups excluding carboxylic acids is 3. The molecule has 8 nitrogen and oxygen atoms in total. The Morgan fingerprint density at radius 2 is 1.68 bits per heavy atom. The van der Waals surface area contributed by atoms with Crippen molar-refractivity contribution in [2.75, 3.05) is 30.5 Å². The van der Waals surface area contributed by atoms with Crippen LogP contribution >= 0.6 is 0 Å². The van der Waals surface area contributed by atoms with E-state index in [9.17, 15) is 14.4 Å². The fourth-order valence-electron chi connectivity index (χ4n) is 4.15. The maximum atomic E-state index is 12.7. The second kappa shape index (κ2) is 11.6. The van der Waals surface area contributed by atoms with Gasteiger partial charge in [0, 0.05) is 30.9 Å². The van der Waals surface area contributed by atoms with Crippen LogP contribution in [0.15, 0.2) is 66.7 Å². The third-order valence-corrected chi connectivity index (χ3v) is 6.52. The summed E-state index contributed by atoms with van der Waals surface area (Å²) >= 11 is 0. The lowest BCUT2D eigenvalue weighted by atomic mass is 10.1. The summed E-state index contributed by atoms with van der Waals surface area (Å²) in [5.74, 6) is 0.337. The molecular weight excluding hydrogens is 470 g/mol. The monoisotopic (exact) mass is 501 g/mol. The first-order chi connectivity index (χ1) is 17.8. The van der Waals surface area contributed by atoms with E-state index in [-0.39, 0.29) is 30.7 Å². The Labute approximate surface area is 216 Å². The number of methoxy groups -OCH3 is 1. The lowest BCUT2D eigenvalue weighted by molar-refractivity contribution is -0.126. The predicted octanol–water partition coefficient (Wildman–Crippen LogP) is 4.00.